The Labute approximate surface area is 124 Å². The number of ether oxygens (including phenoxy) is 1. The minimum atomic E-state index is -0.324. The standard InChI is InChI=1S/C15H12BrFOS/c16-11-5-6-14(13(17)8-11)18-9-12-7-10-3-1-2-4-15(10)19-12/h1-6,8,12H,7,9H2. The van der Waals surface area contributed by atoms with Crippen LogP contribution in [0.25, 0.3) is 0 Å². The molecule has 1 unspecified atom stereocenters. The van der Waals surface area contributed by atoms with E-state index in [4.69, 9.17) is 4.74 Å². The molecular formula is C15H12BrFOS. The second-order valence-electron chi connectivity index (χ2n) is 4.44. The van der Waals surface area contributed by atoms with E-state index in [-0.39, 0.29) is 5.82 Å². The first-order chi connectivity index (χ1) is 9.22. The molecule has 1 atom stereocenters. The highest BCUT2D eigenvalue weighted by molar-refractivity contribution is 9.10. The molecule has 98 valence electrons. The summed E-state index contributed by atoms with van der Waals surface area (Å²) >= 11 is 5.04. The third-order valence-corrected chi connectivity index (χ3v) is 4.81. The largest absolute Gasteiger partial charge is 0.489 e. The van der Waals surface area contributed by atoms with E-state index in [0.29, 0.717) is 17.6 Å². The zero-order valence-corrected chi connectivity index (χ0v) is 12.5. The van der Waals surface area contributed by atoms with Crippen molar-refractivity contribution in [2.24, 2.45) is 0 Å². The summed E-state index contributed by atoms with van der Waals surface area (Å²) in [4.78, 5) is 1.31. The minimum Gasteiger partial charge on any atom is -0.489 e. The molecular weight excluding hydrogens is 327 g/mol. The van der Waals surface area contributed by atoms with Crippen molar-refractivity contribution in [1.29, 1.82) is 0 Å². The highest BCUT2D eigenvalue weighted by atomic mass is 79.9. The molecule has 2 aromatic rings. The van der Waals surface area contributed by atoms with Crippen LogP contribution >= 0.6 is 27.7 Å². The normalized spacial score (nSPS) is 17.3. The Bertz CT molecular complexity index is 577. The summed E-state index contributed by atoms with van der Waals surface area (Å²) < 4.78 is 19.9. The van der Waals surface area contributed by atoms with Crippen molar-refractivity contribution < 1.29 is 9.13 Å². The average molecular weight is 339 g/mol. The van der Waals surface area contributed by atoms with Crippen LogP contribution in [0.4, 0.5) is 4.39 Å². The first-order valence-electron chi connectivity index (χ1n) is 6.05. The fraction of sp³-hybridized carbons (Fsp3) is 0.200. The second kappa shape index (κ2) is 5.55. The van der Waals surface area contributed by atoms with Crippen molar-refractivity contribution in [3.8, 4) is 5.75 Å². The van der Waals surface area contributed by atoms with Crippen LogP contribution in [0.1, 0.15) is 5.56 Å². The summed E-state index contributed by atoms with van der Waals surface area (Å²) in [5.41, 5.74) is 1.36. The summed E-state index contributed by atoms with van der Waals surface area (Å²) in [5, 5.41) is 0.362. The fourth-order valence-electron chi connectivity index (χ4n) is 2.12. The molecule has 19 heavy (non-hydrogen) atoms. The van der Waals surface area contributed by atoms with Gasteiger partial charge in [-0.25, -0.2) is 4.39 Å². The smallest absolute Gasteiger partial charge is 0.166 e. The summed E-state index contributed by atoms with van der Waals surface area (Å²) in [6, 6.07) is 13.2. The highest BCUT2D eigenvalue weighted by Crippen LogP contribution is 2.37. The molecule has 0 saturated heterocycles. The topological polar surface area (TPSA) is 9.23 Å². The zero-order valence-electron chi connectivity index (χ0n) is 10.1. The van der Waals surface area contributed by atoms with Crippen molar-refractivity contribution >= 4 is 27.7 Å². The maximum absolute atomic E-state index is 13.6. The van der Waals surface area contributed by atoms with Crippen LogP contribution in [-0.2, 0) is 6.42 Å². The van der Waals surface area contributed by atoms with Crippen LogP contribution in [-0.4, -0.2) is 11.9 Å². The van der Waals surface area contributed by atoms with Gasteiger partial charge in [0.25, 0.3) is 0 Å². The van der Waals surface area contributed by atoms with Gasteiger partial charge in [0, 0.05) is 14.6 Å². The van der Waals surface area contributed by atoms with Crippen LogP contribution in [0.5, 0.6) is 5.75 Å². The van der Waals surface area contributed by atoms with Crippen LogP contribution in [0.3, 0.4) is 0 Å². The van der Waals surface area contributed by atoms with Gasteiger partial charge in [-0.05, 0) is 36.2 Å². The van der Waals surface area contributed by atoms with Crippen molar-refractivity contribution in [3.63, 3.8) is 0 Å². The van der Waals surface area contributed by atoms with E-state index < -0.39 is 0 Å². The lowest BCUT2D eigenvalue weighted by atomic mass is 10.1. The van der Waals surface area contributed by atoms with E-state index in [0.717, 1.165) is 10.9 Å². The molecule has 0 bridgehead atoms. The zero-order chi connectivity index (χ0) is 13.2. The van der Waals surface area contributed by atoms with E-state index in [9.17, 15) is 4.39 Å². The molecule has 0 amide bonds. The van der Waals surface area contributed by atoms with Crippen LogP contribution in [0.2, 0.25) is 0 Å². The number of hydrogen-bond acceptors (Lipinski definition) is 2. The van der Waals surface area contributed by atoms with E-state index in [1.165, 1.54) is 16.5 Å². The lowest BCUT2D eigenvalue weighted by Gasteiger charge is -2.11. The number of rotatable bonds is 3. The molecule has 0 fully saturated rings. The first kappa shape index (κ1) is 13.0. The number of halogens is 2. The quantitative estimate of drug-likeness (QED) is 0.803. The maximum atomic E-state index is 13.6. The Morgan fingerprint density at radius 1 is 1.26 bits per heavy atom. The first-order valence-corrected chi connectivity index (χ1v) is 7.72. The Hall–Kier alpha value is -1.00. The van der Waals surface area contributed by atoms with Gasteiger partial charge in [0.1, 0.15) is 6.61 Å². The summed E-state index contributed by atoms with van der Waals surface area (Å²) in [7, 11) is 0. The van der Waals surface area contributed by atoms with Gasteiger partial charge in [0.15, 0.2) is 11.6 Å². The van der Waals surface area contributed by atoms with E-state index in [2.05, 4.69) is 34.1 Å². The molecule has 4 heteroatoms. The molecule has 1 aliphatic heterocycles. The number of hydrogen-bond donors (Lipinski definition) is 0. The second-order valence-corrected chi connectivity index (χ2v) is 6.70. The van der Waals surface area contributed by atoms with Gasteiger partial charge in [-0.3, -0.25) is 0 Å². The molecule has 1 heterocycles. The Balaban J connectivity index is 1.63. The van der Waals surface area contributed by atoms with Gasteiger partial charge in [-0.2, -0.15) is 0 Å². The van der Waals surface area contributed by atoms with Gasteiger partial charge >= 0.3 is 0 Å². The Morgan fingerprint density at radius 2 is 2.11 bits per heavy atom. The number of benzene rings is 2. The number of thioether (sulfide) groups is 1. The summed E-state index contributed by atoms with van der Waals surface area (Å²) in [6.45, 7) is 0.526. The van der Waals surface area contributed by atoms with Gasteiger partial charge in [-0.1, -0.05) is 34.1 Å². The number of fused-ring (bicyclic) bond motifs is 1. The van der Waals surface area contributed by atoms with Gasteiger partial charge in [-0.15, -0.1) is 11.8 Å². The molecule has 1 aliphatic rings. The van der Waals surface area contributed by atoms with Crippen molar-refractivity contribution in [1.82, 2.24) is 0 Å². The van der Waals surface area contributed by atoms with Crippen LogP contribution in [0, 0.1) is 5.82 Å². The van der Waals surface area contributed by atoms with Gasteiger partial charge in [0.05, 0.1) is 0 Å². The fourth-order valence-corrected chi connectivity index (χ4v) is 3.67. The Kier molecular flexibility index (Phi) is 3.80. The van der Waals surface area contributed by atoms with Crippen molar-refractivity contribution in [3.05, 3.63) is 58.3 Å². The lowest BCUT2D eigenvalue weighted by molar-refractivity contribution is 0.301. The van der Waals surface area contributed by atoms with Crippen LogP contribution < -0.4 is 4.74 Å². The summed E-state index contributed by atoms with van der Waals surface area (Å²) in [5.74, 6) is -0.00496. The van der Waals surface area contributed by atoms with E-state index >= 15 is 0 Å². The van der Waals surface area contributed by atoms with Crippen molar-refractivity contribution in [2.45, 2.75) is 16.6 Å². The minimum absolute atomic E-state index is 0.319. The molecule has 3 rings (SSSR count). The third kappa shape index (κ3) is 2.95. The summed E-state index contributed by atoms with van der Waals surface area (Å²) in [6.07, 6.45) is 0.985. The lowest BCUT2D eigenvalue weighted by Crippen LogP contribution is -2.14. The monoisotopic (exact) mass is 338 g/mol. The van der Waals surface area contributed by atoms with E-state index in [1.54, 1.807) is 12.1 Å². The molecule has 0 N–H and O–H groups in total. The predicted octanol–water partition coefficient (Wildman–Crippen LogP) is 4.68. The molecule has 0 radical (unpaired) electrons. The van der Waals surface area contributed by atoms with Crippen molar-refractivity contribution in [2.75, 3.05) is 6.61 Å². The molecule has 1 nitrogen and oxygen atoms in total. The van der Waals surface area contributed by atoms with E-state index in [1.807, 2.05) is 17.8 Å². The molecule has 2 aromatic carbocycles. The maximum Gasteiger partial charge on any atom is 0.166 e. The van der Waals surface area contributed by atoms with Gasteiger partial charge in [0.2, 0.25) is 0 Å². The third-order valence-electron chi connectivity index (χ3n) is 3.03. The van der Waals surface area contributed by atoms with Gasteiger partial charge < -0.3 is 4.74 Å². The molecule has 0 aromatic heterocycles. The molecule has 0 saturated carbocycles. The SMILES string of the molecule is Fc1cc(Br)ccc1OCC1Cc2ccccc2S1. The Morgan fingerprint density at radius 3 is 2.89 bits per heavy atom. The van der Waals surface area contributed by atoms with Crippen LogP contribution in [0.15, 0.2) is 51.8 Å². The molecule has 0 spiro atoms. The average Bonchev–Trinajstić information content (AvgIpc) is 2.80. The predicted molar refractivity (Wildman–Crippen MR) is 79.4 cm³/mol. The molecule has 0 aliphatic carbocycles. The highest BCUT2D eigenvalue weighted by Gasteiger charge is 2.22.